The van der Waals surface area contributed by atoms with Crippen LogP contribution in [-0.2, 0) is 0 Å². The lowest BCUT2D eigenvalue weighted by Gasteiger charge is -2.28. The van der Waals surface area contributed by atoms with Gasteiger partial charge in [0.25, 0.3) is 0 Å². The van der Waals surface area contributed by atoms with E-state index in [1.165, 1.54) is 65.7 Å². The molecule has 2 nitrogen and oxygen atoms in total. The zero-order valence-corrected chi connectivity index (χ0v) is 33.9. The molecule has 0 aliphatic heterocycles. The van der Waals surface area contributed by atoms with E-state index < -0.39 is 0 Å². The lowest BCUT2D eigenvalue weighted by molar-refractivity contribution is 0.669. The minimum Gasteiger partial charge on any atom is -0.456 e. The Labute approximate surface area is 360 Å². The van der Waals surface area contributed by atoms with Crippen LogP contribution >= 0.6 is 0 Å². The Hall–Kier alpha value is -8.20. The van der Waals surface area contributed by atoms with Crippen molar-refractivity contribution in [3.8, 4) is 44.5 Å². The maximum absolute atomic E-state index is 6.26. The summed E-state index contributed by atoms with van der Waals surface area (Å²) in [6.45, 7) is 0. The topological polar surface area (TPSA) is 16.4 Å². The largest absolute Gasteiger partial charge is 0.456 e. The van der Waals surface area contributed by atoms with Crippen molar-refractivity contribution in [1.82, 2.24) is 0 Å². The van der Waals surface area contributed by atoms with Crippen molar-refractivity contribution in [2.45, 2.75) is 0 Å². The monoisotopic (exact) mass is 789 g/mol. The Balaban J connectivity index is 0.934. The molecule has 0 saturated heterocycles. The van der Waals surface area contributed by atoms with Gasteiger partial charge in [0.2, 0.25) is 0 Å². The van der Waals surface area contributed by atoms with Gasteiger partial charge in [-0.05, 0) is 120 Å². The number of anilines is 3. The van der Waals surface area contributed by atoms with Gasteiger partial charge in [-0.3, -0.25) is 0 Å². The highest BCUT2D eigenvalue weighted by Crippen LogP contribution is 2.44. The maximum atomic E-state index is 6.26. The smallest absolute Gasteiger partial charge is 0.136 e. The summed E-state index contributed by atoms with van der Waals surface area (Å²) in [5.74, 6) is 0. The van der Waals surface area contributed by atoms with E-state index in [1.54, 1.807) is 0 Å². The van der Waals surface area contributed by atoms with Crippen molar-refractivity contribution in [3.05, 3.63) is 237 Å². The van der Waals surface area contributed by atoms with Crippen LogP contribution in [0.3, 0.4) is 0 Å². The maximum Gasteiger partial charge on any atom is 0.136 e. The normalized spacial score (nSPS) is 11.5. The summed E-state index contributed by atoms with van der Waals surface area (Å²) in [6.07, 6.45) is 0. The SMILES string of the molecule is c1ccc(N(c2ccc(-c3ccc(-c4ccc5ccc6ccccc6c5c4)cc3)cc2)c2ccc(-c3cccc4oc5ccccc5c34)cc2)c(-c2cccc3ccccc23)c1. The molecule has 2 heteroatoms. The summed E-state index contributed by atoms with van der Waals surface area (Å²) in [7, 11) is 0. The molecule has 12 rings (SSSR count). The molecule has 0 amide bonds. The number of furan rings is 1. The number of hydrogen-bond donors (Lipinski definition) is 0. The van der Waals surface area contributed by atoms with Gasteiger partial charge in [0.1, 0.15) is 11.2 Å². The molecule has 1 aromatic heterocycles. The third-order valence-electron chi connectivity index (χ3n) is 12.5. The summed E-state index contributed by atoms with van der Waals surface area (Å²) in [5.41, 5.74) is 14.5. The molecule has 0 spiro atoms. The number of benzene rings is 11. The summed E-state index contributed by atoms with van der Waals surface area (Å²) < 4.78 is 6.26. The molecule has 290 valence electrons. The summed E-state index contributed by atoms with van der Waals surface area (Å²) in [4.78, 5) is 2.39. The van der Waals surface area contributed by atoms with Crippen LogP contribution in [-0.4, -0.2) is 0 Å². The van der Waals surface area contributed by atoms with Crippen molar-refractivity contribution in [2.75, 3.05) is 4.90 Å². The second-order valence-corrected chi connectivity index (χ2v) is 16.0. The molecule has 0 N–H and O–H groups in total. The number of hydrogen-bond acceptors (Lipinski definition) is 2. The van der Waals surface area contributed by atoms with E-state index in [-0.39, 0.29) is 0 Å². The molecule has 1 heterocycles. The second kappa shape index (κ2) is 14.8. The predicted octanol–water partition coefficient (Wildman–Crippen LogP) is 17.2. The molecular formula is C60H39NO. The highest BCUT2D eigenvalue weighted by Gasteiger charge is 2.19. The molecule has 0 fully saturated rings. The van der Waals surface area contributed by atoms with E-state index in [9.17, 15) is 0 Å². The third-order valence-corrected chi connectivity index (χ3v) is 12.5. The van der Waals surface area contributed by atoms with Gasteiger partial charge < -0.3 is 9.32 Å². The lowest BCUT2D eigenvalue weighted by Crippen LogP contribution is -2.11. The van der Waals surface area contributed by atoms with E-state index >= 15 is 0 Å². The Bertz CT molecular complexity index is 3610. The first-order valence-corrected chi connectivity index (χ1v) is 21.2. The number of rotatable bonds is 7. The van der Waals surface area contributed by atoms with E-state index in [4.69, 9.17) is 4.42 Å². The standard InChI is InChI=1S/C60H39NO/c1-3-14-50-43(11-1)13-9-19-53(50)54-16-5-7-20-57(54)61(49-37-33-45(34-38-49)52-18-10-22-59-60(52)55-17-6-8-21-58(55)62-59)48-35-31-41(32-36-48)40-23-25-42(26-24-40)47-30-29-46-28-27-44-12-2-4-15-51(44)56(46)39-47/h1-39H. The summed E-state index contributed by atoms with van der Waals surface area (Å²) in [6, 6.07) is 85.5. The highest BCUT2D eigenvalue weighted by atomic mass is 16.3. The van der Waals surface area contributed by atoms with Crippen molar-refractivity contribution in [1.29, 1.82) is 0 Å². The first-order valence-electron chi connectivity index (χ1n) is 21.2. The number of fused-ring (bicyclic) bond motifs is 7. The van der Waals surface area contributed by atoms with E-state index in [2.05, 4.69) is 229 Å². The first kappa shape index (κ1) is 35.7. The van der Waals surface area contributed by atoms with Crippen LogP contribution in [0.25, 0.3) is 98.8 Å². The predicted molar refractivity (Wildman–Crippen MR) is 263 cm³/mol. The Morgan fingerprint density at radius 2 is 0.742 bits per heavy atom. The molecule has 0 radical (unpaired) electrons. The van der Waals surface area contributed by atoms with Crippen molar-refractivity contribution < 1.29 is 4.42 Å². The van der Waals surface area contributed by atoms with Crippen molar-refractivity contribution in [2.24, 2.45) is 0 Å². The van der Waals surface area contributed by atoms with Gasteiger partial charge in [0.05, 0.1) is 5.69 Å². The van der Waals surface area contributed by atoms with Crippen LogP contribution < -0.4 is 4.90 Å². The summed E-state index contributed by atoms with van der Waals surface area (Å²) >= 11 is 0. The number of para-hydroxylation sites is 2. The lowest BCUT2D eigenvalue weighted by atomic mass is 9.95. The Morgan fingerprint density at radius 3 is 1.50 bits per heavy atom. The van der Waals surface area contributed by atoms with E-state index in [1.807, 2.05) is 12.1 Å². The Kier molecular flexibility index (Phi) is 8.53. The van der Waals surface area contributed by atoms with Gasteiger partial charge in [-0.1, -0.05) is 188 Å². The second-order valence-electron chi connectivity index (χ2n) is 16.0. The van der Waals surface area contributed by atoms with Crippen LogP contribution in [0, 0.1) is 0 Å². The molecule has 0 bridgehead atoms. The van der Waals surface area contributed by atoms with Crippen LogP contribution in [0.2, 0.25) is 0 Å². The fourth-order valence-electron chi connectivity index (χ4n) is 9.43. The fourth-order valence-corrected chi connectivity index (χ4v) is 9.43. The average molecular weight is 790 g/mol. The zero-order valence-electron chi connectivity index (χ0n) is 33.9. The average Bonchev–Trinajstić information content (AvgIpc) is 3.74. The molecule has 11 aromatic carbocycles. The third kappa shape index (κ3) is 6.12. The van der Waals surface area contributed by atoms with Crippen LogP contribution in [0.5, 0.6) is 0 Å². The minimum absolute atomic E-state index is 0.899. The molecular weight excluding hydrogens is 751 g/mol. The highest BCUT2D eigenvalue weighted by molar-refractivity contribution is 6.13. The van der Waals surface area contributed by atoms with E-state index in [0.717, 1.165) is 50.1 Å². The minimum atomic E-state index is 0.899. The fraction of sp³-hybridized carbons (Fsp3) is 0. The van der Waals surface area contributed by atoms with E-state index in [0.29, 0.717) is 0 Å². The Morgan fingerprint density at radius 1 is 0.274 bits per heavy atom. The molecule has 0 atom stereocenters. The first-order chi connectivity index (χ1) is 30.7. The molecule has 0 aliphatic rings. The molecule has 12 aromatic rings. The van der Waals surface area contributed by atoms with Gasteiger partial charge in [0, 0.05) is 27.7 Å². The van der Waals surface area contributed by atoms with Gasteiger partial charge in [-0.15, -0.1) is 0 Å². The quantitative estimate of drug-likeness (QED) is 0.150. The van der Waals surface area contributed by atoms with Gasteiger partial charge in [-0.25, -0.2) is 0 Å². The zero-order chi connectivity index (χ0) is 41.0. The van der Waals surface area contributed by atoms with Crippen LogP contribution in [0.1, 0.15) is 0 Å². The molecule has 62 heavy (non-hydrogen) atoms. The van der Waals surface area contributed by atoms with Gasteiger partial charge >= 0.3 is 0 Å². The van der Waals surface area contributed by atoms with Crippen LogP contribution in [0.4, 0.5) is 17.1 Å². The molecule has 0 aliphatic carbocycles. The van der Waals surface area contributed by atoms with Crippen molar-refractivity contribution in [3.63, 3.8) is 0 Å². The molecule has 0 saturated carbocycles. The van der Waals surface area contributed by atoms with Gasteiger partial charge in [0.15, 0.2) is 0 Å². The van der Waals surface area contributed by atoms with Crippen molar-refractivity contribution >= 4 is 71.3 Å². The molecule has 0 unspecified atom stereocenters. The van der Waals surface area contributed by atoms with Gasteiger partial charge in [-0.2, -0.15) is 0 Å². The summed E-state index contributed by atoms with van der Waals surface area (Å²) in [5, 5.41) is 9.82. The number of nitrogens with zero attached hydrogens (tertiary/aromatic N) is 1. The van der Waals surface area contributed by atoms with Crippen LogP contribution in [0.15, 0.2) is 241 Å².